The predicted octanol–water partition coefficient (Wildman–Crippen LogP) is -0.0870. The summed E-state index contributed by atoms with van der Waals surface area (Å²) in [6.07, 6.45) is 0.815. The van der Waals surface area contributed by atoms with Gasteiger partial charge < -0.3 is 5.32 Å². The summed E-state index contributed by atoms with van der Waals surface area (Å²) < 4.78 is 27.9. The monoisotopic (exact) mass is 235 g/mol. The van der Waals surface area contributed by atoms with Crippen molar-refractivity contribution in [2.45, 2.75) is 39.3 Å². The zero-order chi connectivity index (χ0) is 11.5. The molecular weight excluding hydrogens is 214 g/mol. The van der Waals surface area contributed by atoms with Gasteiger partial charge in [-0.05, 0) is 20.3 Å². The standard InChI is InChI=1S/C9H21N3O2S/c1-4-5-11-15(13,14)12-7-8(2)10-6-9(12)3/h8-11H,4-7H2,1-3H3. The average molecular weight is 235 g/mol. The van der Waals surface area contributed by atoms with E-state index in [0.717, 1.165) is 6.42 Å². The van der Waals surface area contributed by atoms with Gasteiger partial charge in [0.1, 0.15) is 0 Å². The first-order valence-corrected chi connectivity index (χ1v) is 6.91. The molecule has 1 fully saturated rings. The summed E-state index contributed by atoms with van der Waals surface area (Å²) in [5.41, 5.74) is 0. The third kappa shape index (κ3) is 3.41. The second-order valence-electron chi connectivity index (χ2n) is 4.13. The van der Waals surface area contributed by atoms with Gasteiger partial charge in [0.2, 0.25) is 0 Å². The van der Waals surface area contributed by atoms with E-state index in [9.17, 15) is 8.42 Å². The zero-order valence-electron chi connectivity index (χ0n) is 9.66. The maximum atomic E-state index is 11.9. The molecule has 0 radical (unpaired) electrons. The molecular formula is C9H21N3O2S. The van der Waals surface area contributed by atoms with Crippen molar-refractivity contribution in [3.05, 3.63) is 0 Å². The Bertz CT molecular complexity index is 292. The molecule has 1 heterocycles. The van der Waals surface area contributed by atoms with Gasteiger partial charge in [0.25, 0.3) is 10.2 Å². The third-order valence-corrected chi connectivity index (χ3v) is 4.25. The molecule has 0 bridgehead atoms. The highest BCUT2D eigenvalue weighted by Gasteiger charge is 2.31. The lowest BCUT2D eigenvalue weighted by atomic mass is 10.2. The van der Waals surface area contributed by atoms with Crippen molar-refractivity contribution in [2.75, 3.05) is 19.6 Å². The average Bonchev–Trinajstić information content (AvgIpc) is 2.18. The molecule has 15 heavy (non-hydrogen) atoms. The number of nitrogens with one attached hydrogen (secondary N) is 2. The smallest absolute Gasteiger partial charge is 0.279 e. The van der Waals surface area contributed by atoms with Crippen LogP contribution in [-0.2, 0) is 10.2 Å². The van der Waals surface area contributed by atoms with E-state index in [1.165, 1.54) is 0 Å². The Morgan fingerprint density at radius 1 is 1.47 bits per heavy atom. The minimum atomic E-state index is -3.28. The van der Waals surface area contributed by atoms with Crippen LogP contribution in [0.25, 0.3) is 0 Å². The molecule has 0 amide bonds. The van der Waals surface area contributed by atoms with Crippen molar-refractivity contribution >= 4 is 10.2 Å². The van der Waals surface area contributed by atoms with E-state index >= 15 is 0 Å². The lowest BCUT2D eigenvalue weighted by Gasteiger charge is -2.36. The lowest BCUT2D eigenvalue weighted by molar-refractivity contribution is 0.242. The molecule has 0 aromatic rings. The fraction of sp³-hybridized carbons (Fsp3) is 1.00. The van der Waals surface area contributed by atoms with Crippen LogP contribution in [-0.4, -0.2) is 44.4 Å². The first-order valence-electron chi connectivity index (χ1n) is 5.47. The van der Waals surface area contributed by atoms with Crippen LogP contribution in [0.4, 0.5) is 0 Å². The molecule has 1 saturated heterocycles. The predicted molar refractivity (Wildman–Crippen MR) is 60.8 cm³/mol. The quantitative estimate of drug-likeness (QED) is 0.716. The molecule has 5 nitrogen and oxygen atoms in total. The highest BCUT2D eigenvalue weighted by atomic mass is 32.2. The van der Waals surface area contributed by atoms with Gasteiger partial charge in [0, 0.05) is 31.7 Å². The molecule has 2 atom stereocenters. The number of hydrogen-bond acceptors (Lipinski definition) is 3. The van der Waals surface area contributed by atoms with Crippen LogP contribution in [0.3, 0.4) is 0 Å². The number of hydrogen-bond donors (Lipinski definition) is 2. The first kappa shape index (κ1) is 12.9. The van der Waals surface area contributed by atoms with Crippen molar-refractivity contribution in [1.82, 2.24) is 14.3 Å². The second-order valence-corrected chi connectivity index (χ2v) is 5.84. The van der Waals surface area contributed by atoms with Crippen LogP contribution in [0.15, 0.2) is 0 Å². The molecule has 0 aromatic carbocycles. The van der Waals surface area contributed by atoms with Crippen molar-refractivity contribution in [1.29, 1.82) is 0 Å². The van der Waals surface area contributed by atoms with Crippen molar-refractivity contribution < 1.29 is 8.42 Å². The Morgan fingerprint density at radius 2 is 2.13 bits per heavy atom. The van der Waals surface area contributed by atoms with E-state index in [-0.39, 0.29) is 12.1 Å². The van der Waals surface area contributed by atoms with Crippen LogP contribution in [0.5, 0.6) is 0 Å². The molecule has 2 N–H and O–H groups in total. The van der Waals surface area contributed by atoms with Gasteiger partial charge in [-0.1, -0.05) is 6.92 Å². The molecule has 1 rings (SSSR count). The summed E-state index contributed by atoms with van der Waals surface area (Å²) in [4.78, 5) is 0. The molecule has 90 valence electrons. The van der Waals surface area contributed by atoms with Crippen molar-refractivity contribution in [3.8, 4) is 0 Å². The Hall–Kier alpha value is -0.170. The van der Waals surface area contributed by atoms with Crippen LogP contribution < -0.4 is 10.0 Å². The van der Waals surface area contributed by atoms with Gasteiger partial charge in [0.05, 0.1) is 0 Å². The maximum Gasteiger partial charge on any atom is 0.279 e. The highest BCUT2D eigenvalue weighted by molar-refractivity contribution is 7.87. The van der Waals surface area contributed by atoms with E-state index in [1.54, 1.807) is 4.31 Å². The molecule has 0 aromatic heterocycles. The first-order chi connectivity index (χ1) is 6.97. The Kier molecular flexibility index (Phi) is 4.51. The third-order valence-electron chi connectivity index (χ3n) is 2.55. The van der Waals surface area contributed by atoms with E-state index in [2.05, 4.69) is 10.0 Å². The Balaban J connectivity index is 2.67. The van der Waals surface area contributed by atoms with E-state index < -0.39 is 10.2 Å². The molecule has 0 saturated carbocycles. The SMILES string of the molecule is CCCNS(=O)(=O)N1CC(C)NCC1C. The number of nitrogens with zero attached hydrogens (tertiary/aromatic N) is 1. The van der Waals surface area contributed by atoms with E-state index in [1.807, 2.05) is 20.8 Å². The Morgan fingerprint density at radius 3 is 2.73 bits per heavy atom. The van der Waals surface area contributed by atoms with Gasteiger partial charge in [-0.2, -0.15) is 12.7 Å². The highest BCUT2D eigenvalue weighted by Crippen LogP contribution is 2.10. The summed E-state index contributed by atoms with van der Waals surface area (Å²) in [5.74, 6) is 0. The fourth-order valence-corrected chi connectivity index (χ4v) is 3.23. The second kappa shape index (κ2) is 5.25. The minimum Gasteiger partial charge on any atom is -0.311 e. The zero-order valence-corrected chi connectivity index (χ0v) is 10.5. The summed E-state index contributed by atoms with van der Waals surface area (Å²) in [5, 5.41) is 3.26. The summed E-state index contributed by atoms with van der Waals surface area (Å²) in [6, 6.07) is 0.245. The molecule has 0 aliphatic carbocycles. The van der Waals surface area contributed by atoms with Crippen LogP contribution in [0, 0.1) is 0 Å². The fourth-order valence-electron chi connectivity index (χ4n) is 1.64. The minimum absolute atomic E-state index is 0.0237. The molecule has 1 aliphatic rings. The van der Waals surface area contributed by atoms with E-state index in [4.69, 9.17) is 0 Å². The summed E-state index contributed by atoms with van der Waals surface area (Å²) in [6.45, 7) is 7.63. The summed E-state index contributed by atoms with van der Waals surface area (Å²) >= 11 is 0. The van der Waals surface area contributed by atoms with Gasteiger partial charge in [-0.3, -0.25) is 0 Å². The summed E-state index contributed by atoms with van der Waals surface area (Å²) in [7, 11) is -3.28. The van der Waals surface area contributed by atoms with E-state index in [0.29, 0.717) is 19.6 Å². The maximum absolute atomic E-state index is 11.9. The molecule has 1 aliphatic heterocycles. The van der Waals surface area contributed by atoms with Crippen LogP contribution in [0.2, 0.25) is 0 Å². The topological polar surface area (TPSA) is 61.4 Å². The van der Waals surface area contributed by atoms with Crippen molar-refractivity contribution in [3.63, 3.8) is 0 Å². The van der Waals surface area contributed by atoms with Gasteiger partial charge in [-0.15, -0.1) is 0 Å². The molecule has 6 heteroatoms. The van der Waals surface area contributed by atoms with Crippen molar-refractivity contribution in [2.24, 2.45) is 0 Å². The lowest BCUT2D eigenvalue weighted by Crippen LogP contribution is -2.58. The molecule has 0 spiro atoms. The normalized spacial score (nSPS) is 29.3. The number of piperazine rings is 1. The number of rotatable bonds is 4. The Labute approximate surface area is 92.4 Å². The van der Waals surface area contributed by atoms with Gasteiger partial charge >= 0.3 is 0 Å². The van der Waals surface area contributed by atoms with Gasteiger partial charge in [-0.25, -0.2) is 4.72 Å². The van der Waals surface area contributed by atoms with Crippen LogP contribution in [0.1, 0.15) is 27.2 Å². The largest absolute Gasteiger partial charge is 0.311 e. The van der Waals surface area contributed by atoms with Crippen LogP contribution >= 0.6 is 0 Å². The molecule has 2 unspecified atom stereocenters. The van der Waals surface area contributed by atoms with Gasteiger partial charge in [0.15, 0.2) is 0 Å².